The highest BCUT2D eigenvalue weighted by atomic mass is 16.2. The number of hydrogen-bond acceptors (Lipinski definition) is 3. The van der Waals surface area contributed by atoms with E-state index in [9.17, 15) is 14.4 Å². The van der Waals surface area contributed by atoms with Crippen LogP contribution in [0.1, 0.15) is 33.3 Å². The molecular formula is C17H26N4O3. The maximum absolute atomic E-state index is 12.2. The molecule has 0 aliphatic carbocycles. The average molecular weight is 334 g/mol. The van der Waals surface area contributed by atoms with Crippen LogP contribution < -0.4 is 16.0 Å². The van der Waals surface area contributed by atoms with E-state index in [0.717, 1.165) is 5.56 Å². The summed E-state index contributed by atoms with van der Waals surface area (Å²) in [4.78, 5) is 36.5. The third kappa shape index (κ3) is 6.68. The molecule has 0 heterocycles. The second-order valence-electron chi connectivity index (χ2n) is 6.80. The van der Waals surface area contributed by atoms with Gasteiger partial charge in [-0.15, -0.1) is 0 Å². The first-order valence-electron chi connectivity index (χ1n) is 7.69. The minimum absolute atomic E-state index is 0.0481. The average Bonchev–Trinajstić information content (AvgIpc) is 2.39. The van der Waals surface area contributed by atoms with Crippen molar-refractivity contribution in [3.63, 3.8) is 0 Å². The maximum atomic E-state index is 12.2. The summed E-state index contributed by atoms with van der Waals surface area (Å²) >= 11 is 0. The molecule has 0 bridgehead atoms. The third-order valence-electron chi connectivity index (χ3n) is 3.04. The lowest BCUT2D eigenvalue weighted by molar-refractivity contribution is -0.122. The molecule has 0 fully saturated rings. The van der Waals surface area contributed by atoms with Crippen LogP contribution in [0.15, 0.2) is 18.2 Å². The summed E-state index contributed by atoms with van der Waals surface area (Å²) in [5.74, 6) is -0.416. The summed E-state index contributed by atoms with van der Waals surface area (Å²) in [6.45, 7) is 8.86. The largest absolute Gasteiger partial charge is 0.350 e. The summed E-state index contributed by atoms with van der Waals surface area (Å²) in [5, 5.41) is 8.21. The van der Waals surface area contributed by atoms with Crippen molar-refractivity contribution in [2.24, 2.45) is 0 Å². The van der Waals surface area contributed by atoms with Gasteiger partial charge in [0.15, 0.2) is 0 Å². The van der Waals surface area contributed by atoms with Crippen LogP contribution in [0.25, 0.3) is 0 Å². The molecule has 0 atom stereocenters. The molecular weight excluding hydrogens is 308 g/mol. The van der Waals surface area contributed by atoms with Crippen LogP contribution in [0.5, 0.6) is 0 Å². The van der Waals surface area contributed by atoms with Crippen molar-refractivity contribution in [2.45, 2.75) is 40.2 Å². The molecule has 7 nitrogen and oxygen atoms in total. The van der Waals surface area contributed by atoms with E-state index in [2.05, 4.69) is 16.0 Å². The molecule has 0 aliphatic heterocycles. The second kappa shape index (κ2) is 7.81. The number of carbonyl (C=O) groups is 3. The molecule has 4 amide bonds. The molecule has 0 saturated carbocycles. The highest BCUT2D eigenvalue weighted by molar-refractivity contribution is 5.94. The number of hydrogen-bond donors (Lipinski definition) is 3. The zero-order valence-corrected chi connectivity index (χ0v) is 15.1. The Balaban J connectivity index is 2.70. The van der Waals surface area contributed by atoms with Crippen LogP contribution in [0.3, 0.4) is 0 Å². The van der Waals surface area contributed by atoms with Gasteiger partial charge in [-0.05, 0) is 45.4 Å². The van der Waals surface area contributed by atoms with Gasteiger partial charge in [-0.2, -0.15) is 0 Å². The van der Waals surface area contributed by atoms with E-state index < -0.39 is 6.03 Å². The molecule has 0 aliphatic rings. The van der Waals surface area contributed by atoms with Gasteiger partial charge in [0.25, 0.3) is 0 Å². The fraction of sp³-hybridized carbons (Fsp3) is 0.471. The Hall–Kier alpha value is -2.57. The standard InChI is InChI=1S/C17H26N4O3/c1-11-7-8-13(9-14(11)18-12(2)22)19-16(24)21(6)10-15(23)20-17(3,4)5/h7-9H,10H2,1-6H3,(H,18,22)(H,19,24)(H,20,23). The molecule has 0 radical (unpaired) electrons. The number of likely N-dealkylation sites (N-methyl/N-ethyl adjacent to an activating group) is 1. The molecule has 0 unspecified atom stereocenters. The Labute approximate surface area is 142 Å². The Morgan fingerprint density at radius 1 is 1.12 bits per heavy atom. The Morgan fingerprint density at radius 3 is 2.29 bits per heavy atom. The van der Waals surface area contributed by atoms with E-state index >= 15 is 0 Å². The topological polar surface area (TPSA) is 90.5 Å². The Bertz CT molecular complexity index is 635. The molecule has 1 aromatic carbocycles. The highest BCUT2D eigenvalue weighted by Gasteiger charge is 2.18. The maximum Gasteiger partial charge on any atom is 0.322 e. The zero-order chi connectivity index (χ0) is 18.5. The summed E-state index contributed by atoms with van der Waals surface area (Å²) in [6, 6.07) is 4.81. The minimum Gasteiger partial charge on any atom is -0.350 e. The van der Waals surface area contributed by atoms with Gasteiger partial charge in [0.05, 0.1) is 0 Å². The van der Waals surface area contributed by atoms with E-state index in [0.29, 0.717) is 11.4 Å². The first-order valence-corrected chi connectivity index (χ1v) is 7.69. The molecule has 0 saturated heterocycles. The number of anilines is 2. The lowest BCUT2D eigenvalue weighted by Gasteiger charge is -2.23. The fourth-order valence-corrected chi connectivity index (χ4v) is 1.99. The monoisotopic (exact) mass is 334 g/mol. The van der Waals surface area contributed by atoms with Crippen molar-refractivity contribution < 1.29 is 14.4 Å². The van der Waals surface area contributed by atoms with E-state index in [1.807, 2.05) is 27.7 Å². The summed E-state index contributed by atoms with van der Waals surface area (Å²) < 4.78 is 0. The van der Waals surface area contributed by atoms with Crippen LogP contribution in [0.2, 0.25) is 0 Å². The Kier molecular flexibility index (Phi) is 6.34. The number of rotatable bonds is 4. The molecule has 0 spiro atoms. The number of carbonyl (C=O) groups excluding carboxylic acids is 3. The number of nitrogens with zero attached hydrogens (tertiary/aromatic N) is 1. The smallest absolute Gasteiger partial charge is 0.322 e. The van der Waals surface area contributed by atoms with Crippen LogP contribution in [0, 0.1) is 6.92 Å². The van der Waals surface area contributed by atoms with E-state index in [1.165, 1.54) is 11.8 Å². The summed E-state index contributed by atoms with van der Waals surface area (Å²) in [7, 11) is 1.54. The van der Waals surface area contributed by atoms with Gasteiger partial charge in [0.2, 0.25) is 11.8 Å². The van der Waals surface area contributed by atoms with Crippen LogP contribution in [-0.2, 0) is 9.59 Å². The van der Waals surface area contributed by atoms with Crippen molar-refractivity contribution in [3.05, 3.63) is 23.8 Å². The van der Waals surface area contributed by atoms with Crippen molar-refractivity contribution in [2.75, 3.05) is 24.2 Å². The first kappa shape index (κ1) is 19.5. The summed E-state index contributed by atoms with van der Waals surface area (Å²) in [5.41, 5.74) is 1.71. The highest BCUT2D eigenvalue weighted by Crippen LogP contribution is 2.20. The number of benzene rings is 1. The molecule has 3 N–H and O–H groups in total. The first-order chi connectivity index (χ1) is 11.0. The number of amides is 4. The SMILES string of the molecule is CC(=O)Nc1cc(NC(=O)N(C)CC(=O)NC(C)(C)C)ccc1C. The second-order valence-corrected chi connectivity index (χ2v) is 6.80. The molecule has 1 aromatic rings. The van der Waals surface area contributed by atoms with Gasteiger partial charge >= 0.3 is 6.03 Å². The van der Waals surface area contributed by atoms with Gasteiger partial charge in [0, 0.05) is 30.9 Å². The minimum atomic E-state index is -0.406. The van der Waals surface area contributed by atoms with E-state index in [-0.39, 0.29) is 23.9 Å². The van der Waals surface area contributed by atoms with Gasteiger partial charge in [0.1, 0.15) is 6.54 Å². The zero-order valence-electron chi connectivity index (χ0n) is 15.1. The molecule has 1 rings (SSSR count). The number of nitrogens with one attached hydrogen (secondary N) is 3. The lowest BCUT2D eigenvalue weighted by Crippen LogP contribution is -2.47. The number of urea groups is 1. The van der Waals surface area contributed by atoms with Gasteiger partial charge in [-0.3, -0.25) is 9.59 Å². The van der Waals surface area contributed by atoms with Crippen molar-refractivity contribution >= 4 is 29.2 Å². The van der Waals surface area contributed by atoms with Gasteiger partial charge < -0.3 is 20.9 Å². The van der Waals surface area contributed by atoms with Crippen molar-refractivity contribution in [1.29, 1.82) is 0 Å². The molecule has 24 heavy (non-hydrogen) atoms. The Morgan fingerprint density at radius 2 is 1.75 bits per heavy atom. The van der Waals surface area contributed by atoms with Crippen molar-refractivity contribution in [3.8, 4) is 0 Å². The summed E-state index contributed by atoms with van der Waals surface area (Å²) in [6.07, 6.45) is 0. The fourth-order valence-electron chi connectivity index (χ4n) is 1.99. The lowest BCUT2D eigenvalue weighted by atomic mass is 10.1. The van der Waals surface area contributed by atoms with Crippen LogP contribution >= 0.6 is 0 Å². The van der Waals surface area contributed by atoms with Crippen molar-refractivity contribution in [1.82, 2.24) is 10.2 Å². The van der Waals surface area contributed by atoms with Gasteiger partial charge in [-0.1, -0.05) is 6.07 Å². The molecule has 7 heteroatoms. The van der Waals surface area contributed by atoms with Crippen LogP contribution in [0.4, 0.5) is 16.2 Å². The predicted molar refractivity (Wildman–Crippen MR) is 95.0 cm³/mol. The molecule has 132 valence electrons. The third-order valence-corrected chi connectivity index (χ3v) is 3.04. The van der Waals surface area contributed by atoms with E-state index in [4.69, 9.17) is 0 Å². The normalized spacial score (nSPS) is 10.8. The quantitative estimate of drug-likeness (QED) is 0.789. The van der Waals surface area contributed by atoms with E-state index in [1.54, 1.807) is 25.2 Å². The molecule has 0 aromatic heterocycles. The predicted octanol–water partition coefficient (Wildman–Crippen LogP) is 2.33. The van der Waals surface area contributed by atoms with Gasteiger partial charge in [-0.25, -0.2) is 4.79 Å². The van der Waals surface area contributed by atoms with Crippen LogP contribution in [-0.4, -0.2) is 41.9 Å². The number of aryl methyl sites for hydroxylation is 1.